The number of aliphatic hydroxyl groups excluding tert-OH is 1. The summed E-state index contributed by atoms with van der Waals surface area (Å²) in [6.07, 6.45) is 0.477. The molecule has 3 aromatic rings. The fraction of sp³-hybridized carbons (Fsp3) is 0.423. The van der Waals surface area contributed by atoms with E-state index in [4.69, 9.17) is 14.2 Å². The molecular weight excluding hydrogens is 502 g/mol. The molecule has 1 aromatic heterocycles. The smallest absolute Gasteiger partial charge is 0.414 e. The minimum atomic E-state index is -0.392. The zero-order chi connectivity index (χ0) is 24.2. The zero-order valence-electron chi connectivity index (χ0n) is 20.4. The molecule has 0 unspecified atom stereocenters. The molecule has 0 aliphatic carbocycles. The molecule has 0 saturated carbocycles. The molecule has 0 atom stereocenters. The molecule has 8 nitrogen and oxygen atoms in total. The van der Waals surface area contributed by atoms with Gasteiger partial charge in [-0.05, 0) is 36.1 Å². The average molecular weight is 534 g/mol. The fourth-order valence-corrected chi connectivity index (χ4v) is 5.60. The molecule has 2 fully saturated rings. The Balaban J connectivity index is 0.00000304. The second-order valence-electron chi connectivity index (χ2n) is 8.70. The number of nitrogens with zero attached hydrogens (tertiary/aromatic N) is 3. The molecule has 1 amide bonds. The van der Waals surface area contributed by atoms with Gasteiger partial charge in [0.25, 0.3) is 0 Å². The van der Waals surface area contributed by atoms with Crippen molar-refractivity contribution in [1.82, 2.24) is 4.90 Å². The van der Waals surface area contributed by atoms with E-state index in [1.165, 1.54) is 20.7 Å². The Labute approximate surface area is 221 Å². The van der Waals surface area contributed by atoms with Crippen LogP contribution >= 0.6 is 23.7 Å². The fourth-order valence-electron chi connectivity index (χ4n) is 4.79. The van der Waals surface area contributed by atoms with Crippen molar-refractivity contribution in [2.24, 2.45) is 0 Å². The summed E-state index contributed by atoms with van der Waals surface area (Å²) in [5, 5.41) is 13.4. The van der Waals surface area contributed by atoms with Crippen LogP contribution in [0.2, 0.25) is 0 Å². The highest BCUT2D eigenvalue weighted by Crippen LogP contribution is 2.37. The molecule has 0 bridgehead atoms. The number of hydrogen-bond donors (Lipinski definition) is 1. The Morgan fingerprint density at radius 1 is 1.11 bits per heavy atom. The van der Waals surface area contributed by atoms with Crippen LogP contribution in [0.5, 0.6) is 11.5 Å². The lowest BCUT2D eigenvalue weighted by Gasteiger charge is -2.36. The van der Waals surface area contributed by atoms with E-state index in [-0.39, 0.29) is 19.0 Å². The Kier molecular flexibility index (Phi) is 8.79. The summed E-state index contributed by atoms with van der Waals surface area (Å²) in [6, 6.07) is 12.3. The number of cyclic esters (lactones) is 1. The van der Waals surface area contributed by atoms with Crippen LogP contribution in [0.4, 0.5) is 16.2 Å². The van der Waals surface area contributed by atoms with Gasteiger partial charge in [0, 0.05) is 60.1 Å². The van der Waals surface area contributed by atoms with Crippen molar-refractivity contribution in [2.75, 3.05) is 69.4 Å². The quantitative estimate of drug-likeness (QED) is 0.409. The summed E-state index contributed by atoms with van der Waals surface area (Å²) in [5.74, 6) is 1.03. The maximum Gasteiger partial charge on any atom is 0.414 e. The van der Waals surface area contributed by atoms with E-state index in [0.717, 1.165) is 39.1 Å². The van der Waals surface area contributed by atoms with Gasteiger partial charge in [0.2, 0.25) is 0 Å². The summed E-state index contributed by atoms with van der Waals surface area (Å²) in [6.45, 7) is 6.15. The van der Waals surface area contributed by atoms with E-state index in [2.05, 4.69) is 39.4 Å². The molecule has 1 N–H and O–H groups in total. The summed E-state index contributed by atoms with van der Waals surface area (Å²) >= 11 is 1.79. The SMILES string of the molecule is COc1cc(N2CCOC2=O)cc(CO)c1OCCCN1CCN(c2cccc3sccc23)CC1.Cl. The third-order valence-electron chi connectivity index (χ3n) is 6.63. The van der Waals surface area contributed by atoms with Gasteiger partial charge in [-0.15, -0.1) is 23.7 Å². The number of fused-ring (bicyclic) bond motifs is 1. The monoisotopic (exact) mass is 533 g/mol. The molecule has 2 saturated heterocycles. The first-order chi connectivity index (χ1) is 17.2. The number of halogens is 1. The number of hydrogen-bond acceptors (Lipinski definition) is 8. The van der Waals surface area contributed by atoms with Crippen LogP contribution in [0.15, 0.2) is 41.8 Å². The molecule has 3 heterocycles. The van der Waals surface area contributed by atoms with Gasteiger partial charge in [0.05, 0.1) is 32.6 Å². The number of amides is 1. The van der Waals surface area contributed by atoms with Crippen molar-refractivity contribution in [3.05, 3.63) is 47.3 Å². The predicted molar refractivity (Wildman–Crippen MR) is 145 cm³/mol. The molecule has 2 aliphatic rings. The molecule has 2 aliphatic heterocycles. The van der Waals surface area contributed by atoms with Crippen LogP contribution in [-0.4, -0.2) is 75.7 Å². The lowest BCUT2D eigenvalue weighted by atomic mass is 10.1. The zero-order valence-corrected chi connectivity index (χ0v) is 22.0. The second kappa shape index (κ2) is 12.0. The number of benzene rings is 2. The van der Waals surface area contributed by atoms with Crippen LogP contribution in [0.1, 0.15) is 12.0 Å². The number of rotatable bonds is 9. The third-order valence-corrected chi connectivity index (χ3v) is 7.51. The molecule has 194 valence electrons. The highest BCUT2D eigenvalue weighted by Gasteiger charge is 2.26. The first kappa shape index (κ1) is 26.3. The van der Waals surface area contributed by atoms with E-state index < -0.39 is 6.09 Å². The summed E-state index contributed by atoms with van der Waals surface area (Å²) in [4.78, 5) is 18.4. The molecule has 0 radical (unpaired) electrons. The number of aliphatic hydroxyl groups is 1. The van der Waals surface area contributed by atoms with Gasteiger partial charge in [-0.3, -0.25) is 9.80 Å². The van der Waals surface area contributed by atoms with Crippen LogP contribution in [-0.2, 0) is 11.3 Å². The first-order valence-corrected chi connectivity index (χ1v) is 12.9. The van der Waals surface area contributed by atoms with Gasteiger partial charge < -0.3 is 24.2 Å². The van der Waals surface area contributed by atoms with Crippen molar-refractivity contribution in [3.8, 4) is 11.5 Å². The third kappa shape index (κ3) is 5.49. The second-order valence-corrected chi connectivity index (χ2v) is 9.65. The molecule has 0 spiro atoms. The standard InChI is InChI=1S/C26H31N3O5S.ClH/c1-32-23-17-20(29-12-14-34-26(29)31)16-19(18-30)25(23)33-13-3-7-27-8-10-28(11-9-27)22-4-2-5-24-21(22)6-15-35-24;/h2,4-6,15-17,30H,3,7-14,18H2,1H3;1H. The minimum Gasteiger partial charge on any atom is -0.493 e. The van der Waals surface area contributed by atoms with Gasteiger partial charge >= 0.3 is 6.09 Å². The van der Waals surface area contributed by atoms with Crippen LogP contribution in [0.3, 0.4) is 0 Å². The van der Waals surface area contributed by atoms with E-state index >= 15 is 0 Å². The Morgan fingerprint density at radius 2 is 1.94 bits per heavy atom. The normalized spacial score (nSPS) is 16.2. The van der Waals surface area contributed by atoms with Gasteiger partial charge in [-0.2, -0.15) is 0 Å². The van der Waals surface area contributed by atoms with Gasteiger partial charge in [-0.25, -0.2) is 4.79 Å². The molecule has 36 heavy (non-hydrogen) atoms. The lowest BCUT2D eigenvalue weighted by molar-refractivity contribution is 0.181. The first-order valence-electron chi connectivity index (χ1n) is 12.0. The number of piperazine rings is 1. The highest BCUT2D eigenvalue weighted by molar-refractivity contribution is 7.17. The van der Waals surface area contributed by atoms with Crippen LogP contribution in [0, 0.1) is 0 Å². The summed E-state index contributed by atoms with van der Waals surface area (Å²) in [7, 11) is 1.56. The van der Waals surface area contributed by atoms with Gasteiger partial charge in [-0.1, -0.05) is 6.07 Å². The molecule has 5 rings (SSSR count). The summed E-state index contributed by atoms with van der Waals surface area (Å²) in [5.41, 5.74) is 2.56. The number of anilines is 2. The maximum atomic E-state index is 11.9. The van der Waals surface area contributed by atoms with Crippen molar-refractivity contribution in [1.29, 1.82) is 0 Å². The number of thiophene rings is 1. The van der Waals surface area contributed by atoms with E-state index in [1.807, 2.05) is 0 Å². The number of carbonyl (C=O) groups is 1. The predicted octanol–water partition coefficient (Wildman–Crippen LogP) is 4.37. The van der Waals surface area contributed by atoms with E-state index in [1.54, 1.807) is 30.6 Å². The van der Waals surface area contributed by atoms with Crippen LogP contribution < -0.4 is 19.3 Å². The summed E-state index contributed by atoms with van der Waals surface area (Å²) < 4.78 is 17.9. The number of carbonyl (C=O) groups excluding carboxylic acids is 1. The molecular formula is C26H32ClN3O5S. The Morgan fingerprint density at radius 3 is 2.67 bits per heavy atom. The average Bonchev–Trinajstić information content (AvgIpc) is 3.55. The van der Waals surface area contributed by atoms with Gasteiger partial charge in [0.1, 0.15) is 6.61 Å². The van der Waals surface area contributed by atoms with Crippen LogP contribution in [0.25, 0.3) is 10.1 Å². The lowest BCUT2D eigenvalue weighted by Crippen LogP contribution is -2.46. The van der Waals surface area contributed by atoms with Crippen molar-refractivity contribution < 1.29 is 24.1 Å². The Bertz CT molecular complexity index is 1160. The topological polar surface area (TPSA) is 74.7 Å². The minimum absolute atomic E-state index is 0. The van der Waals surface area contributed by atoms with Crippen molar-refractivity contribution in [2.45, 2.75) is 13.0 Å². The van der Waals surface area contributed by atoms with Crippen molar-refractivity contribution >= 4 is 51.3 Å². The number of ether oxygens (including phenoxy) is 3. The number of methoxy groups -OCH3 is 1. The van der Waals surface area contributed by atoms with E-state index in [9.17, 15) is 9.90 Å². The highest BCUT2D eigenvalue weighted by atomic mass is 35.5. The Hall–Kier alpha value is -2.72. The molecule has 2 aromatic carbocycles. The largest absolute Gasteiger partial charge is 0.493 e. The maximum absolute atomic E-state index is 11.9. The van der Waals surface area contributed by atoms with Gasteiger partial charge in [0.15, 0.2) is 11.5 Å². The molecule has 10 heteroatoms. The van der Waals surface area contributed by atoms with Crippen molar-refractivity contribution in [3.63, 3.8) is 0 Å². The van der Waals surface area contributed by atoms with E-state index in [0.29, 0.717) is 42.5 Å².